The summed E-state index contributed by atoms with van der Waals surface area (Å²) in [5.74, 6) is 0.819. The molecule has 1 fully saturated rings. The first-order chi connectivity index (χ1) is 14.2. The molecule has 0 bridgehead atoms. The molecule has 2 aromatic heterocycles. The summed E-state index contributed by atoms with van der Waals surface area (Å²) in [6, 6.07) is 2.23. The number of anilines is 2. The van der Waals surface area contributed by atoms with Gasteiger partial charge in [0.15, 0.2) is 0 Å². The predicted molar refractivity (Wildman–Crippen MR) is 128 cm³/mol. The Hall–Kier alpha value is -1.71. The summed E-state index contributed by atoms with van der Waals surface area (Å²) in [4.78, 5) is 17.6. The van der Waals surface area contributed by atoms with Crippen molar-refractivity contribution in [1.29, 1.82) is 0 Å². The molecule has 1 saturated heterocycles. The summed E-state index contributed by atoms with van der Waals surface area (Å²) in [6.45, 7) is 10.8. The molecule has 3 rings (SSSR count). The number of thiophene rings is 1. The molecule has 1 aliphatic heterocycles. The first-order valence-electron chi connectivity index (χ1n) is 10.6. The molecular weight excluding hydrogens is 416 g/mol. The molecule has 1 unspecified atom stereocenters. The molecule has 166 valence electrons. The first kappa shape index (κ1) is 23.0. The zero-order chi connectivity index (χ0) is 21.8. The van der Waals surface area contributed by atoms with Gasteiger partial charge in [-0.15, -0.1) is 11.3 Å². The van der Waals surface area contributed by atoms with Gasteiger partial charge in [0.25, 0.3) is 0 Å². The second-order valence-electron chi connectivity index (χ2n) is 8.64. The van der Waals surface area contributed by atoms with E-state index in [9.17, 15) is 4.79 Å². The summed E-state index contributed by atoms with van der Waals surface area (Å²) >= 11 is 3.13. The number of nitrogens with zero attached hydrogens (tertiary/aromatic N) is 4. The molecule has 2 amide bonds. The van der Waals surface area contributed by atoms with Gasteiger partial charge in [-0.2, -0.15) is 5.10 Å². The van der Waals surface area contributed by atoms with E-state index in [-0.39, 0.29) is 6.03 Å². The van der Waals surface area contributed by atoms with Crippen LogP contribution in [0.1, 0.15) is 62.1 Å². The number of hydrogen-bond donors (Lipinski definition) is 2. The number of urea groups is 1. The molecule has 3 heterocycles. The van der Waals surface area contributed by atoms with Gasteiger partial charge in [-0.1, -0.05) is 27.7 Å². The van der Waals surface area contributed by atoms with Gasteiger partial charge in [0.2, 0.25) is 0 Å². The number of likely N-dealkylation sites (tertiary alicyclic amines) is 1. The Balaban J connectivity index is 1.69. The van der Waals surface area contributed by atoms with Gasteiger partial charge in [-0.05, 0) is 44.3 Å². The van der Waals surface area contributed by atoms with E-state index in [1.54, 1.807) is 16.0 Å². The van der Waals surface area contributed by atoms with E-state index in [2.05, 4.69) is 65.2 Å². The van der Waals surface area contributed by atoms with Crippen molar-refractivity contribution in [2.24, 2.45) is 7.05 Å². The largest absolute Gasteiger partial charge is 0.330 e. The number of carbonyl (C=O) groups is 1. The molecule has 0 aromatic carbocycles. The van der Waals surface area contributed by atoms with Crippen LogP contribution < -0.4 is 14.3 Å². The summed E-state index contributed by atoms with van der Waals surface area (Å²) < 4.78 is 6.97. The highest BCUT2D eigenvalue weighted by atomic mass is 32.2. The van der Waals surface area contributed by atoms with Crippen molar-refractivity contribution in [3.8, 4) is 0 Å². The van der Waals surface area contributed by atoms with Crippen LogP contribution in [-0.4, -0.2) is 46.9 Å². The standard InChI is InChI=1S/C21H34N6OS2/c1-14(2)19-10-18(20(29-19)15(3)4)23-21(28)24-30-27(17-11-22-26(6)13-17)16-8-7-9-25(5)12-16/h10-11,13-16H,7-9,12H2,1-6H3,(H2,23,24,28). The maximum atomic E-state index is 12.8. The topological polar surface area (TPSA) is 65.4 Å². The van der Waals surface area contributed by atoms with Gasteiger partial charge in [0, 0.05) is 29.5 Å². The minimum Gasteiger partial charge on any atom is -0.306 e. The second-order valence-corrected chi connectivity index (χ2v) is 10.5. The Morgan fingerprint density at radius 2 is 2.07 bits per heavy atom. The summed E-state index contributed by atoms with van der Waals surface area (Å²) in [5, 5.41) is 7.39. The third kappa shape index (κ3) is 5.70. The quantitative estimate of drug-likeness (QED) is 0.580. The van der Waals surface area contributed by atoms with Crippen molar-refractivity contribution in [3.63, 3.8) is 0 Å². The molecule has 1 atom stereocenters. The number of nitrogens with one attached hydrogen (secondary N) is 2. The van der Waals surface area contributed by atoms with Crippen molar-refractivity contribution < 1.29 is 4.79 Å². The number of hydrogen-bond acceptors (Lipinski definition) is 6. The molecule has 0 aliphatic carbocycles. The lowest BCUT2D eigenvalue weighted by Gasteiger charge is -2.37. The van der Waals surface area contributed by atoms with Gasteiger partial charge >= 0.3 is 6.03 Å². The number of likely N-dealkylation sites (N-methyl/N-ethyl adjacent to an activating group) is 1. The van der Waals surface area contributed by atoms with Crippen LogP contribution in [-0.2, 0) is 7.05 Å². The molecule has 7 nitrogen and oxygen atoms in total. The van der Waals surface area contributed by atoms with Crippen LogP contribution in [0.5, 0.6) is 0 Å². The summed E-state index contributed by atoms with van der Waals surface area (Å²) in [7, 11) is 4.06. The second kappa shape index (κ2) is 10.1. The Morgan fingerprint density at radius 3 is 2.67 bits per heavy atom. The van der Waals surface area contributed by atoms with Crippen LogP contribution >= 0.6 is 23.5 Å². The van der Waals surface area contributed by atoms with E-state index in [0.717, 1.165) is 37.3 Å². The zero-order valence-electron chi connectivity index (χ0n) is 18.8. The van der Waals surface area contributed by atoms with Crippen LogP contribution in [0, 0.1) is 0 Å². The highest BCUT2D eigenvalue weighted by molar-refractivity contribution is 7.99. The average Bonchev–Trinajstić information content (AvgIpc) is 3.29. The fourth-order valence-electron chi connectivity index (χ4n) is 3.67. The Morgan fingerprint density at radius 1 is 1.30 bits per heavy atom. The van der Waals surface area contributed by atoms with Gasteiger partial charge in [-0.25, -0.2) is 4.79 Å². The van der Waals surface area contributed by atoms with Gasteiger partial charge in [-0.3, -0.25) is 13.7 Å². The molecule has 0 spiro atoms. The normalized spacial score (nSPS) is 17.5. The maximum absolute atomic E-state index is 12.8. The number of rotatable bonds is 7. The maximum Gasteiger partial charge on any atom is 0.330 e. The smallest absolute Gasteiger partial charge is 0.306 e. The van der Waals surface area contributed by atoms with Gasteiger partial charge in [0.1, 0.15) is 0 Å². The van der Waals surface area contributed by atoms with E-state index in [1.807, 2.05) is 19.4 Å². The lowest BCUT2D eigenvalue weighted by Crippen LogP contribution is -2.45. The van der Waals surface area contributed by atoms with Crippen LogP contribution in [0.3, 0.4) is 0 Å². The monoisotopic (exact) mass is 450 g/mol. The molecule has 30 heavy (non-hydrogen) atoms. The number of aryl methyl sites for hydroxylation is 1. The van der Waals surface area contributed by atoms with Crippen molar-refractivity contribution >= 4 is 40.9 Å². The SMILES string of the molecule is CC(C)c1cc(NC(=O)NSN(c2cnn(C)c2)C2CCCN(C)C2)c(C(C)C)s1. The summed E-state index contributed by atoms with van der Waals surface area (Å²) in [6.07, 6.45) is 6.09. The van der Waals surface area contributed by atoms with E-state index in [0.29, 0.717) is 17.9 Å². The average molecular weight is 451 g/mol. The molecule has 2 N–H and O–H groups in total. The molecule has 1 aliphatic rings. The number of aromatic nitrogens is 2. The number of piperidine rings is 1. The van der Waals surface area contributed by atoms with Crippen LogP contribution in [0.2, 0.25) is 0 Å². The van der Waals surface area contributed by atoms with Crippen LogP contribution in [0.4, 0.5) is 16.2 Å². The molecule has 0 saturated carbocycles. The highest BCUT2D eigenvalue weighted by Gasteiger charge is 2.26. The van der Waals surface area contributed by atoms with Crippen molar-refractivity contribution in [2.75, 3.05) is 29.8 Å². The van der Waals surface area contributed by atoms with E-state index < -0.39 is 0 Å². The molecule has 9 heteroatoms. The van der Waals surface area contributed by atoms with E-state index >= 15 is 0 Å². The third-order valence-corrected chi connectivity index (χ3v) is 7.95. The Labute approximate surface area is 188 Å². The predicted octanol–water partition coefficient (Wildman–Crippen LogP) is 5.01. The molecule has 2 aromatic rings. The summed E-state index contributed by atoms with van der Waals surface area (Å²) in [5.41, 5.74) is 1.92. The molecular formula is C21H34N6OS2. The lowest BCUT2D eigenvalue weighted by atomic mass is 10.1. The fraction of sp³-hybridized carbons (Fsp3) is 0.619. The fourth-order valence-corrected chi connectivity index (χ4v) is 5.54. The number of amides is 2. The minimum atomic E-state index is -0.201. The van der Waals surface area contributed by atoms with Gasteiger partial charge < -0.3 is 10.2 Å². The lowest BCUT2D eigenvalue weighted by molar-refractivity contribution is 0.253. The highest BCUT2D eigenvalue weighted by Crippen LogP contribution is 2.37. The molecule has 0 radical (unpaired) electrons. The third-order valence-electron chi connectivity index (χ3n) is 5.24. The van der Waals surface area contributed by atoms with Crippen molar-refractivity contribution in [1.82, 2.24) is 19.4 Å². The Kier molecular flexibility index (Phi) is 7.70. The van der Waals surface area contributed by atoms with Crippen LogP contribution in [0.15, 0.2) is 18.5 Å². The van der Waals surface area contributed by atoms with Gasteiger partial charge in [0.05, 0.1) is 35.7 Å². The van der Waals surface area contributed by atoms with Crippen molar-refractivity contribution in [3.05, 3.63) is 28.2 Å². The first-order valence-corrected chi connectivity index (χ1v) is 12.2. The Bertz CT molecular complexity index is 846. The van der Waals surface area contributed by atoms with Crippen molar-refractivity contribution in [2.45, 2.75) is 58.4 Å². The van der Waals surface area contributed by atoms with E-state index in [1.165, 1.54) is 21.9 Å². The zero-order valence-corrected chi connectivity index (χ0v) is 20.4. The van der Waals surface area contributed by atoms with Crippen LogP contribution in [0.25, 0.3) is 0 Å². The minimum absolute atomic E-state index is 0.201. The van der Waals surface area contributed by atoms with E-state index in [4.69, 9.17) is 0 Å². The number of carbonyl (C=O) groups excluding carboxylic acids is 1.